The van der Waals surface area contributed by atoms with Crippen molar-refractivity contribution in [1.29, 1.82) is 0 Å². The Morgan fingerprint density at radius 3 is 2.50 bits per heavy atom. The monoisotopic (exact) mass is 342 g/mol. The summed E-state index contributed by atoms with van der Waals surface area (Å²) in [5, 5.41) is 14.8. The Balaban J connectivity index is 1.73. The highest BCUT2D eigenvalue weighted by molar-refractivity contribution is 5.94. The molecular formula is C17H21F3N2O2. The van der Waals surface area contributed by atoms with Gasteiger partial charge in [-0.1, -0.05) is 6.07 Å². The molecule has 1 fully saturated rings. The van der Waals surface area contributed by atoms with Crippen molar-refractivity contribution in [1.82, 2.24) is 10.6 Å². The molecule has 3 rings (SSSR count). The van der Waals surface area contributed by atoms with E-state index in [2.05, 4.69) is 10.6 Å². The summed E-state index contributed by atoms with van der Waals surface area (Å²) in [4.78, 5) is 12.3. The van der Waals surface area contributed by atoms with E-state index in [1.807, 2.05) is 0 Å². The fourth-order valence-corrected chi connectivity index (χ4v) is 3.56. The maximum atomic E-state index is 13.4. The highest BCUT2D eigenvalue weighted by atomic mass is 19.4. The first-order valence-electron chi connectivity index (χ1n) is 8.23. The van der Waals surface area contributed by atoms with Crippen LogP contribution in [0.3, 0.4) is 0 Å². The number of rotatable bonds is 3. The van der Waals surface area contributed by atoms with Crippen molar-refractivity contribution >= 4 is 5.91 Å². The molecule has 0 spiro atoms. The molecule has 3 N–H and O–H groups in total. The zero-order valence-electron chi connectivity index (χ0n) is 13.2. The third-order valence-electron chi connectivity index (χ3n) is 4.95. The van der Waals surface area contributed by atoms with Gasteiger partial charge in [0.25, 0.3) is 5.91 Å². The molecule has 7 heteroatoms. The Kier molecular flexibility index (Phi) is 4.83. The number of alkyl halides is 3. The lowest BCUT2D eigenvalue weighted by atomic mass is 9.82. The van der Waals surface area contributed by atoms with Crippen molar-refractivity contribution in [2.24, 2.45) is 5.92 Å². The number of carbonyl (C=O) groups is 1. The average Bonchev–Trinajstić information content (AvgIpc) is 3.00. The summed E-state index contributed by atoms with van der Waals surface area (Å²) in [5.74, 6) is -1.38. The molecule has 1 heterocycles. The minimum Gasteiger partial charge on any atom is -0.393 e. The fourth-order valence-electron chi connectivity index (χ4n) is 3.56. The zero-order chi connectivity index (χ0) is 17.3. The van der Waals surface area contributed by atoms with Crippen LogP contribution in [-0.4, -0.2) is 29.3 Å². The van der Waals surface area contributed by atoms with Gasteiger partial charge in [0.2, 0.25) is 0 Å². The van der Waals surface area contributed by atoms with E-state index in [9.17, 15) is 23.1 Å². The molecule has 0 aromatic heterocycles. The van der Waals surface area contributed by atoms with Crippen LogP contribution in [0, 0.1) is 5.92 Å². The van der Waals surface area contributed by atoms with Crippen LogP contribution in [0.15, 0.2) is 18.2 Å². The molecule has 4 nitrogen and oxygen atoms in total. The molecule has 1 saturated carbocycles. The highest BCUT2D eigenvalue weighted by Crippen LogP contribution is 2.35. The molecule has 1 aromatic carbocycles. The van der Waals surface area contributed by atoms with Crippen molar-refractivity contribution in [3.63, 3.8) is 0 Å². The summed E-state index contributed by atoms with van der Waals surface area (Å²) in [7, 11) is 0. The Hall–Kier alpha value is -1.60. The first-order valence-corrected chi connectivity index (χ1v) is 8.23. The van der Waals surface area contributed by atoms with E-state index in [0.717, 1.165) is 11.1 Å². The SMILES string of the molecule is O=C(NC(C1CCC(O)CC1)C(F)(F)F)c1ccc2c(c1)CNC2. The van der Waals surface area contributed by atoms with Gasteiger partial charge in [-0.3, -0.25) is 4.79 Å². The maximum Gasteiger partial charge on any atom is 0.408 e. The summed E-state index contributed by atoms with van der Waals surface area (Å²) in [5.41, 5.74) is 2.27. The number of hydrogen-bond acceptors (Lipinski definition) is 3. The van der Waals surface area contributed by atoms with Crippen LogP contribution < -0.4 is 10.6 Å². The van der Waals surface area contributed by atoms with Crippen LogP contribution in [0.2, 0.25) is 0 Å². The fraction of sp³-hybridized carbons (Fsp3) is 0.588. The van der Waals surface area contributed by atoms with Gasteiger partial charge in [-0.2, -0.15) is 13.2 Å². The van der Waals surface area contributed by atoms with E-state index < -0.39 is 30.1 Å². The predicted molar refractivity (Wildman–Crippen MR) is 82.3 cm³/mol. The van der Waals surface area contributed by atoms with E-state index in [4.69, 9.17) is 0 Å². The molecule has 24 heavy (non-hydrogen) atoms. The largest absolute Gasteiger partial charge is 0.408 e. The molecule has 1 atom stereocenters. The molecule has 0 bridgehead atoms. The van der Waals surface area contributed by atoms with Gasteiger partial charge in [0.05, 0.1) is 6.10 Å². The molecule has 1 aliphatic carbocycles. The van der Waals surface area contributed by atoms with E-state index in [1.165, 1.54) is 0 Å². The van der Waals surface area contributed by atoms with Gasteiger partial charge in [0.1, 0.15) is 6.04 Å². The topological polar surface area (TPSA) is 61.4 Å². The molecule has 1 unspecified atom stereocenters. The number of amides is 1. The van der Waals surface area contributed by atoms with Crippen molar-refractivity contribution in [2.45, 2.75) is 57.1 Å². The lowest BCUT2D eigenvalue weighted by molar-refractivity contribution is -0.169. The van der Waals surface area contributed by atoms with Gasteiger partial charge in [0, 0.05) is 18.7 Å². The van der Waals surface area contributed by atoms with Gasteiger partial charge >= 0.3 is 6.18 Å². The summed E-state index contributed by atoms with van der Waals surface area (Å²) >= 11 is 0. The van der Waals surface area contributed by atoms with Crippen LogP contribution in [-0.2, 0) is 13.1 Å². The number of carbonyl (C=O) groups excluding carboxylic acids is 1. The third-order valence-corrected chi connectivity index (χ3v) is 4.95. The molecule has 132 valence electrons. The molecule has 0 radical (unpaired) electrons. The van der Waals surface area contributed by atoms with Crippen LogP contribution in [0.25, 0.3) is 0 Å². The Morgan fingerprint density at radius 2 is 1.83 bits per heavy atom. The Morgan fingerprint density at radius 1 is 1.17 bits per heavy atom. The Labute approximate surface area is 138 Å². The van der Waals surface area contributed by atoms with Gasteiger partial charge < -0.3 is 15.7 Å². The second-order valence-electron chi connectivity index (χ2n) is 6.65. The second kappa shape index (κ2) is 6.72. The molecule has 1 aromatic rings. The van der Waals surface area contributed by atoms with Crippen LogP contribution in [0.1, 0.15) is 47.2 Å². The molecule has 2 aliphatic rings. The average molecular weight is 342 g/mol. The summed E-state index contributed by atoms with van der Waals surface area (Å²) < 4.78 is 40.2. The quantitative estimate of drug-likeness (QED) is 0.791. The predicted octanol–water partition coefficient (Wildman–Crippen LogP) is 2.50. The van der Waals surface area contributed by atoms with Gasteiger partial charge in [-0.15, -0.1) is 0 Å². The first kappa shape index (κ1) is 17.2. The van der Waals surface area contributed by atoms with Gasteiger partial charge in [-0.05, 0) is 54.9 Å². The summed E-state index contributed by atoms with van der Waals surface area (Å²) in [6.45, 7) is 1.34. The molecule has 1 aliphatic heterocycles. The number of nitrogens with one attached hydrogen (secondary N) is 2. The van der Waals surface area contributed by atoms with Gasteiger partial charge in [0.15, 0.2) is 0 Å². The number of aliphatic hydroxyl groups is 1. The van der Waals surface area contributed by atoms with Crippen molar-refractivity contribution in [3.05, 3.63) is 34.9 Å². The first-order chi connectivity index (χ1) is 11.3. The normalized spacial score (nSPS) is 25.2. The second-order valence-corrected chi connectivity index (χ2v) is 6.65. The lowest BCUT2D eigenvalue weighted by Crippen LogP contribution is -2.51. The molecule has 1 amide bonds. The number of benzene rings is 1. The van der Waals surface area contributed by atoms with Crippen LogP contribution in [0.4, 0.5) is 13.2 Å². The van der Waals surface area contributed by atoms with Crippen molar-refractivity contribution in [2.75, 3.05) is 0 Å². The smallest absolute Gasteiger partial charge is 0.393 e. The molecular weight excluding hydrogens is 321 g/mol. The highest BCUT2D eigenvalue weighted by Gasteiger charge is 2.46. The van der Waals surface area contributed by atoms with Crippen molar-refractivity contribution < 1.29 is 23.1 Å². The van der Waals surface area contributed by atoms with Gasteiger partial charge in [-0.25, -0.2) is 0 Å². The van der Waals surface area contributed by atoms with Crippen LogP contribution in [0.5, 0.6) is 0 Å². The number of aliphatic hydroxyl groups excluding tert-OH is 1. The summed E-state index contributed by atoms with van der Waals surface area (Å²) in [6, 6.07) is 3.13. The van der Waals surface area contributed by atoms with Crippen LogP contribution >= 0.6 is 0 Å². The minimum atomic E-state index is -4.50. The van der Waals surface area contributed by atoms with E-state index in [-0.39, 0.29) is 18.4 Å². The maximum absolute atomic E-state index is 13.4. The van der Waals surface area contributed by atoms with E-state index >= 15 is 0 Å². The van der Waals surface area contributed by atoms with E-state index in [0.29, 0.717) is 25.9 Å². The Bertz CT molecular complexity index is 610. The third kappa shape index (κ3) is 3.72. The summed E-state index contributed by atoms with van der Waals surface area (Å²) in [6.07, 6.45) is -3.81. The standard InChI is InChI=1S/C17H21F3N2O2/c18-17(19,20)15(10-3-5-14(23)6-4-10)22-16(24)11-1-2-12-8-21-9-13(12)7-11/h1-2,7,10,14-15,21,23H,3-6,8-9H2,(H,22,24). The number of hydrogen-bond donors (Lipinski definition) is 3. The minimum absolute atomic E-state index is 0.252. The number of halogens is 3. The lowest BCUT2D eigenvalue weighted by Gasteiger charge is -2.33. The zero-order valence-corrected chi connectivity index (χ0v) is 13.2. The van der Waals surface area contributed by atoms with E-state index in [1.54, 1.807) is 18.2 Å². The molecule has 0 saturated heterocycles. The van der Waals surface area contributed by atoms with Crippen molar-refractivity contribution in [3.8, 4) is 0 Å². The number of fused-ring (bicyclic) bond motifs is 1.